The number of piperidine rings is 3. The molecule has 1 aromatic heterocycles. The summed E-state index contributed by atoms with van der Waals surface area (Å²) in [5.41, 5.74) is 7.52. The number of aryl methyl sites for hydroxylation is 1. The van der Waals surface area contributed by atoms with Crippen molar-refractivity contribution in [2.75, 3.05) is 40.5 Å². The molecule has 1 aliphatic carbocycles. The van der Waals surface area contributed by atoms with E-state index in [2.05, 4.69) is 27.1 Å². The first-order valence-corrected chi connectivity index (χ1v) is 11.7. The maximum Gasteiger partial charge on any atom is 0.261 e. The van der Waals surface area contributed by atoms with Crippen molar-refractivity contribution in [1.82, 2.24) is 9.97 Å². The minimum Gasteiger partial charge on any atom is -0.399 e. The number of rotatable bonds is 4. The van der Waals surface area contributed by atoms with E-state index in [9.17, 15) is 13.6 Å². The number of benzene rings is 1. The lowest BCUT2D eigenvalue weighted by molar-refractivity contribution is -0.0222. The number of hydrogen-bond acceptors (Lipinski definition) is 6. The molecule has 0 atom stereocenters. The number of nitrogens with one attached hydrogen (secondary N) is 1. The normalized spacial score (nSPS) is 25.6. The van der Waals surface area contributed by atoms with Crippen molar-refractivity contribution in [1.29, 1.82) is 0 Å². The Balaban J connectivity index is 1.40. The van der Waals surface area contributed by atoms with Gasteiger partial charge >= 0.3 is 0 Å². The summed E-state index contributed by atoms with van der Waals surface area (Å²) in [7, 11) is 0. The molecule has 3 N–H and O–H groups in total. The third kappa shape index (κ3) is 4.25. The molecule has 4 aliphatic rings. The van der Waals surface area contributed by atoms with Gasteiger partial charge in [0, 0.05) is 56.0 Å². The van der Waals surface area contributed by atoms with Gasteiger partial charge in [0.05, 0.1) is 11.3 Å². The molecule has 0 radical (unpaired) electrons. The van der Waals surface area contributed by atoms with Crippen LogP contribution in [0, 0.1) is 18.2 Å². The van der Waals surface area contributed by atoms with Crippen molar-refractivity contribution >= 4 is 29.0 Å². The lowest BCUT2D eigenvalue weighted by Gasteiger charge is -2.57. The number of fused-ring (bicyclic) bond motifs is 2. The predicted octanol–water partition coefficient (Wildman–Crippen LogP) is 4.37. The van der Waals surface area contributed by atoms with Crippen molar-refractivity contribution in [3.05, 3.63) is 35.3 Å². The maximum absolute atomic E-state index is 15.1. The summed E-state index contributed by atoms with van der Waals surface area (Å²) in [4.78, 5) is 25.8. The molecule has 1 aromatic carbocycles. The molecule has 0 spiro atoms. The highest BCUT2D eigenvalue weighted by atomic mass is 19.3. The highest BCUT2D eigenvalue weighted by Crippen LogP contribution is 2.52. The molecular weight excluding hydrogens is 445 g/mol. The van der Waals surface area contributed by atoms with Crippen LogP contribution in [0.1, 0.15) is 55.1 Å². The Morgan fingerprint density at radius 1 is 1.12 bits per heavy atom. The molecule has 2 aromatic rings. The van der Waals surface area contributed by atoms with Crippen LogP contribution >= 0.6 is 0 Å². The van der Waals surface area contributed by atoms with Crippen LogP contribution in [-0.2, 0) is 0 Å². The Kier molecular flexibility index (Phi) is 5.37. The molecule has 34 heavy (non-hydrogen) atoms. The van der Waals surface area contributed by atoms with Crippen molar-refractivity contribution in [3.63, 3.8) is 0 Å². The number of carbonyl (C=O) groups excluding carboxylic acids is 1. The number of alkyl halides is 2. The summed E-state index contributed by atoms with van der Waals surface area (Å²) in [5, 5.41) is 2.70. The highest BCUT2D eigenvalue weighted by molar-refractivity contribution is 6.08. The van der Waals surface area contributed by atoms with Crippen molar-refractivity contribution < 1.29 is 18.0 Å². The predicted molar refractivity (Wildman–Crippen MR) is 125 cm³/mol. The summed E-state index contributed by atoms with van der Waals surface area (Å²) in [5.74, 6) is -3.54. The molecule has 3 aliphatic heterocycles. The van der Waals surface area contributed by atoms with Crippen LogP contribution in [0.15, 0.2) is 18.2 Å². The van der Waals surface area contributed by atoms with E-state index in [1.807, 2.05) is 0 Å². The first-order chi connectivity index (χ1) is 16.0. The summed E-state index contributed by atoms with van der Waals surface area (Å²) in [6.45, 7) is 4.97. The average molecular weight is 475 g/mol. The molecule has 7 nitrogen and oxygen atoms in total. The van der Waals surface area contributed by atoms with Gasteiger partial charge in [-0.3, -0.25) is 4.79 Å². The molecule has 182 valence electrons. The monoisotopic (exact) mass is 474 g/mol. The number of anilines is 4. The van der Waals surface area contributed by atoms with Crippen LogP contribution in [-0.4, -0.2) is 47.5 Å². The fourth-order valence-electron chi connectivity index (χ4n) is 5.43. The van der Waals surface area contributed by atoms with Gasteiger partial charge in [0.2, 0.25) is 5.95 Å². The molecule has 4 fully saturated rings. The molecule has 2 bridgehead atoms. The van der Waals surface area contributed by atoms with Crippen LogP contribution in [0.2, 0.25) is 0 Å². The molecule has 3 saturated heterocycles. The van der Waals surface area contributed by atoms with Crippen LogP contribution in [0.5, 0.6) is 0 Å². The third-order valence-electron chi connectivity index (χ3n) is 7.34. The Bertz CT molecular complexity index is 1120. The number of hydrogen-bond donors (Lipinski definition) is 2. The van der Waals surface area contributed by atoms with Gasteiger partial charge in [0.15, 0.2) is 0 Å². The number of carbonyl (C=O) groups is 1. The number of nitrogens with zero attached hydrogens (tertiary/aromatic N) is 4. The standard InChI is InChI=1S/C24H29F3N6O/c1-14-9-19(31-22(29-14)32-6-4-24(26,27)5-7-32)30-21(34)20-17(25)10-15(28)11-18(20)33-8-3-23(2)12-16(33)13-23/h9-11,16H,3-8,12-13,28H2,1-2H3,(H,29,30,31,34). The fourth-order valence-corrected chi connectivity index (χ4v) is 5.43. The number of nitrogen functional groups attached to an aromatic ring is 1. The second-order valence-corrected chi connectivity index (χ2v) is 10.2. The lowest BCUT2D eigenvalue weighted by Crippen LogP contribution is -2.57. The van der Waals surface area contributed by atoms with Crippen LogP contribution in [0.4, 0.5) is 36.3 Å². The second-order valence-electron chi connectivity index (χ2n) is 10.2. The SMILES string of the molecule is Cc1cc(NC(=O)c2c(F)cc(N)cc2N2CCC3(C)CC2C3)nc(N2CCC(F)(F)CC2)n1. The molecule has 1 amide bonds. The number of halogens is 3. The van der Waals surface area contributed by atoms with E-state index < -0.39 is 17.6 Å². The van der Waals surface area contributed by atoms with Gasteiger partial charge in [-0.05, 0) is 43.7 Å². The molecule has 4 heterocycles. The number of aromatic nitrogens is 2. The zero-order valence-corrected chi connectivity index (χ0v) is 19.4. The van der Waals surface area contributed by atoms with Crippen LogP contribution in [0.3, 0.4) is 0 Å². The molecule has 10 heteroatoms. The van der Waals surface area contributed by atoms with Gasteiger partial charge in [0.1, 0.15) is 11.6 Å². The van der Waals surface area contributed by atoms with Crippen molar-refractivity contribution in [2.24, 2.45) is 5.41 Å². The summed E-state index contributed by atoms with van der Waals surface area (Å²) < 4.78 is 42.2. The average Bonchev–Trinajstić information content (AvgIpc) is 2.72. The quantitative estimate of drug-likeness (QED) is 0.640. The minimum atomic E-state index is -2.69. The summed E-state index contributed by atoms with van der Waals surface area (Å²) in [6.07, 6.45) is 2.44. The van der Waals surface area contributed by atoms with Gasteiger partial charge in [-0.15, -0.1) is 0 Å². The van der Waals surface area contributed by atoms with Crippen LogP contribution < -0.4 is 20.9 Å². The highest BCUT2D eigenvalue weighted by Gasteiger charge is 2.48. The molecule has 1 saturated carbocycles. The number of nitrogens with two attached hydrogens (primary N) is 1. The van der Waals surface area contributed by atoms with Gasteiger partial charge < -0.3 is 20.9 Å². The van der Waals surface area contributed by atoms with Crippen molar-refractivity contribution in [2.45, 2.75) is 57.9 Å². The van der Waals surface area contributed by atoms with Crippen LogP contribution in [0.25, 0.3) is 0 Å². The Labute approximate surface area is 196 Å². The minimum absolute atomic E-state index is 0.0693. The van der Waals surface area contributed by atoms with Gasteiger partial charge in [-0.2, -0.15) is 4.98 Å². The third-order valence-corrected chi connectivity index (χ3v) is 7.34. The summed E-state index contributed by atoms with van der Waals surface area (Å²) >= 11 is 0. The van der Waals surface area contributed by atoms with E-state index in [4.69, 9.17) is 5.73 Å². The van der Waals surface area contributed by atoms with E-state index in [0.717, 1.165) is 31.9 Å². The topological polar surface area (TPSA) is 87.4 Å². The first kappa shape index (κ1) is 22.7. The van der Waals surface area contributed by atoms with Gasteiger partial charge in [0.25, 0.3) is 11.8 Å². The van der Waals surface area contributed by atoms with E-state index >= 15 is 4.39 Å². The zero-order chi connectivity index (χ0) is 24.3. The lowest BCUT2D eigenvalue weighted by atomic mass is 9.61. The van der Waals surface area contributed by atoms with Gasteiger partial charge in [-0.25, -0.2) is 18.2 Å². The second kappa shape index (κ2) is 8.02. The maximum atomic E-state index is 15.1. The molecular formula is C24H29F3N6O. The van der Waals surface area contributed by atoms with E-state index in [1.54, 1.807) is 24.0 Å². The van der Waals surface area contributed by atoms with Gasteiger partial charge in [-0.1, -0.05) is 6.92 Å². The Morgan fingerprint density at radius 2 is 1.82 bits per heavy atom. The van der Waals surface area contributed by atoms with Crippen molar-refractivity contribution in [3.8, 4) is 0 Å². The number of amides is 1. The molecule has 0 unspecified atom stereocenters. The zero-order valence-electron chi connectivity index (χ0n) is 19.4. The Hall–Kier alpha value is -3.04. The smallest absolute Gasteiger partial charge is 0.261 e. The Morgan fingerprint density at radius 3 is 2.47 bits per heavy atom. The molecule has 6 rings (SSSR count). The largest absolute Gasteiger partial charge is 0.399 e. The fraction of sp³-hybridized carbons (Fsp3) is 0.542. The van der Waals surface area contributed by atoms with E-state index in [0.29, 0.717) is 16.8 Å². The summed E-state index contributed by atoms with van der Waals surface area (Å²) in [6, 6.07) is 4.64. The first-order valence-electron chi connectivity index (χ1n) is 11.7. The van der Waals surface area contributed by atoms with E-state index in [1.165, 1.54) is 0 Å². The van der Waals surface area contributed by atoms with E-state index in [-0.39, 0.29) is 55.0 Å².